The average Bonchev–Trinajstić information content (AvgIpc) is 3.21. The third-order valence-electron chi connectivity index (χ3n) is 3.79. The monoisotopic (exact) mass is 501 g/mol. The molecule has 0 bridgehead atoms. The minimum atomic E-state index is -5.59. The Morgan fingerprint density at radius 1 is 1.35 bits per heavy atom. The molecule has 0 spiro atoms. The fourth-order valence-electron chi connectivity index (χ4n) is 2.67. The molecule has 0 aliphatic carbocycles. The molecule has 2 radical (unpaired) electrons. The minimum Gasteiger partial charge on any atom is -0.607 e. The second kappa shape index (κ2) is 9.04. The first-order chi connectivity index (χ1) is 14.3. The van der Waals surface area contributed by atoms with Crippen molar-refractivity contribution in [1.29, 1.82) is 0 Å². The molecule has 1 fully saturated rings. The van der Waals surface area contributed by atoms with Crippen LogP contribution in [0.3, 0.4) is 0 Å². The third kappa shape index (κ3) is 6.03. The van der Waals surface area contributed by atoms with Crippen molar-refractivity contribution in [1.82, 2.24) is 19.5 Å². The summed E-state index contributed by atoms with van der Waals surface area (Å²) in [6, 6.07) is 0. The molecular weight excluding hydrogens is 486 g/mol. The van der Waals surface area contributed by atoms with E-state index in [2.05, 4.69) is 28.0 Å². The number of hydrogen-bond donors (Lipinski definition) is 5. The van der Waals surface area contributed by atoms with Crippen molar-refractivity contribution in [3.8, 4) is 0 Å². The highest BCUT2D eigenvalue weighted by molar-refractivity contribution is 7.68. The summed E-state index contributed by atoms with van der Waals surface area (Å²) >= 11 is 0. The normalized spacial score (nSPS) is 26.0. The van der Waals surface area contributed by atoms with E-state index < -0.39 is 48.9 Å². The number of anilines is 1. The van der Waals surface area contributed by atoms with E-state index >= 15 is 0 Å². The van der Waals surface area contributed by atoms with Crippen molar-refractivity contribution < 1.29 is 56.1 Å². The average molecular weight is 501 g/mol. The second-order valence-electron chi connectivity index (χ2n) is 6.01. The van der Waals surface area contributed by atoms with Crippen LogP contribution in [-0.2, 0) is 31.5 Å². The summed E-state index contributed by atoms with van der Waals surface area (Å²) in [6.07, 6.45) is -0.630. The summed E-state index contributed by atoms with van der Waals surface area (Å²) in [4.78, 5) is 50.5. The first kappa shape index (κ1) is 24.5. The topological polar surface area (TPSA) is 254 Å². The number of fused-ring (bicyclic) bond motifs is 1. The Morgan fingerprint density at radius 2 is 2.06 bits per heavy atom. The van der Waals surface area contributed by atoms with Crippen LogP contribution in [-0.4, -0.2) is 66.2 Å². The molecule has 170 valence electrons. The van der Waals surface area contributed by atoms with Crippen LogP contribution in [0.1, 0.15) is 12.6 Å². The number of imidazole rings is 1. The molecule has 31 heavy (non-hydrogen) atoms. The van der Waals surface area contributed by atoms with E-state index in [0.717, 1.165) is 0 Å². The molecule has 3 rings (SSSR count). The van der Waals surface area contributed by atoms with Crippen LogP contribution in [0.5, 0.6) is 0 Å². The van der Waals surface area contributed by atoms with Crippen LogP contribution in [0.25, 0.3) is 11.2 Å². The van der Waals surface area contributed by atoms with Gasteiger partial charge in [-0.1, -0.05) is 4.31 Å². The largest absolute Gasteiger partial charge is 0.607 e. The van der Waals surface area contributed by atoms with Gasteiger partial charge in [-0.05, 0) is 0 Å². The fourth-order valence-corrected chi connectivity index (χ4v) is 5.89. The molecule has 17 nitrogen and oxygen atoms in total. The Morgan fingerprint density at radius 3 is 2.71 bits per heavy atom. The lowest BCUT2D eigenvalue weighted by molar-refractivity contribution is -0.234. The van der Waals surface area contributed by atoms with Gasteiger partial charge in [0.1, 0.15) is 24.6 Å². The predicted molar refractivity (Wildman–Crippen MR) is 98.0 cm³/mol. The molecule has 0 saturated carbocycles. The second-order valence-corrected chi connectivity index (χ2v) is 10.6. The molecule has 3 heterocycles. The summed E-state index contributed by atoms with van der Waals surface area (Å²) < 4.78 is 45.4. The van der Waals surface area contributed by atoms with Crippen LogP contribution in [0.2, 0.25) is 0 Å². The molecule has 0 aromatic carbocycles. The van der Waals surface area contributed by atoms with Gasteiger partial charge in [-0.3, -0.25) is 13.9 Å². The van der Waals surface area contributed by atoms with Gasteiger partial charge >= 0.3 is 31.9 Å². The Bertz CT molecular complexity index is 1040. The lowest BCUT2D eigenvalue weighted by Gasteiger charge is -2.26. The van der Waals surface area contributed by atoms with Gasteiger partial charge in [0.2, 0.25) is 0 Å². The molecule has 2 aromatic rings. The first-order valence-corrected chi connectivity index (χ1v) is 12.5. The summed E-state index contributed by atoms with van der Waals surface area (Å²) in [5.74, 6) is 0.111. The van der Waals surface area contributed by atoms with E-state index in [0.29, 0.717) is 0 Å². The third-order valence-corrected chi connectivity index (χ3v) is 7.81. The minimum absolute atomic E-state index is 0.0642. The first-order valence-electron chi connectivity index (χ1n) is 8.03. The quantitative estimate of drug-likeness (QED) is 0.192. The summed E-state index contributed by atoms with van der Waals surface area (Å²) in [5, 5.41) is 10.3. The smallest absolute Gasteiger partial charge is 0.519 e. The van der Waals surface area contributed by atoms with Crippen molar-refractivity contribution in [3.63, 3.8) is 0 Å². The number of aliphatic hydroxyl groups excluding tert-OH is 1. The maximum absolute atomic E-state index is 12.2. The molecule has 1 saturated heterocycles. The zero-order valence-electron chi connectivity index (χ0n) is 15.1. The van der Waals surface area contributed by atoms with Crippen LogP contribution >= 0.6 is 23.8 Å². The number of rotatable bonds is 9. The highest BCUT2D eigenvalue weighted by atomic mass is 31.3. The number of nitrogens with two attached hydrogens (primary N) is 1. The van der Waals surface area contributed by atoms with E-state index in [4.69, 9.17) is 32.8 Å². The summed E-state index contributed by atoms with van der Waals surface area (Å²) in [6.45, 7) is -0.637. The van der Waals surface area contributed by atoms with Crippen LogP contribution in [0.4, 0.5) is 5.82 Å². The number of nitrogen functional groups attached to an aromatic ring is 1. The number of aliphatic hydroxyl groups is 1. The van der Waals surface area contributed by atoms with Gasteiger partial charge in [-0.2, -0.15) is 8.83 Å². The lowest BCUT2D eigenvalue weighted by atomic mass is 10.2. The highest BCUT2D eigenvalue weighted by Crippen LogP contribution is 2.69. The molecule has 5 atom stereocenters. The number of hydrogen-bond acceptors (Lipinski definition) is 13. The Hall–Kier alpha value is -1.10. The number of ether oxygens (including phenoxy) is 1. The molecule has 21 heteroatoms. The molecule has 2 aromatic heterocycles. The van der Waals surface area contributed by atoms with Gasteiger partial charge < -0.3 is 30.3 Å². The predicted octanol–water partition coefficient (Wildman–Crippen LogP) is -1.56. The Balaban J connectivity index is 1.66. The van der Waals surface area contributed by atoms with E-state index in [-0.39, 0.29) is 23.4 Å². The highest BCUT2D eigenvalue weighted by Gasteiger charge is 2.47. The Labute approximate surface area is 175 Å². The molecular formula is C10H15BN5O12P3. The maximum atomic E-state index is 12.2. The van der Waals surface area contributed by atoms with Gasteiger partial charge in [0, 0.05) is 6.42 Å². The zero-order chi connectivity index (χ0) is 23.0. The van der Waals surface area contributed by atoms with Crippen LogP contribution < -0.4 is 10.6 Å². The van der Waals surface area contributed by atoms with E-state index in [1.165, 1.54) is 17.2 Å². The van der Waals surface area contributed by atoms with Crippen molar-refractivity contribution in [2.75, 3.05) is 12.3 Å². The van der Waals surface area contributed by atoms with Crippen molar-refractivity contribution in [2.24, 2.45) is 0 Å². The van der Waals surface area contributed by atoms with E-state index in [9.17, 15) is 24.0 Å². The number of phosphoric acid groups is 3. The summed E-state index contributed by atoms with van der Waals surface area (Å²) in [7, 11) is -11.4. The van der Waals surface area contributed by atoms with Crippen molar-refractivity contribution in [2.45, 2.75) is 24.9 Å². The van der Waals surface area contributed by atoms with Crippen LogP contribution in [0.15, 0.2) is 12.7 Å². The van der Waals surface area contributed by atoms with Crippen LogP contribution in [0, 0.1) is 0 Å². The van der Waals surface area contributed by atoms with Gasteiger partial charge in [-0.25, -0.2) is 24.1 Å². The number of aromatic nitrogens is 4. The summed E-state index contributed by atoms with van der Waals surface area (Å²) in [5.41, 5.74) is 6.25. The SMILES string of the molecule is [B]O[P+]([O-])(OC[C@@H]1C[C@@H](O)[C@H](n2cnc3c(N)ncnc32)O1)OP(=O)(O)OP(=O)(O)O. The molecule has 1 aliphatic rings. The maximum Gasteiger partial charge on any atom is 0.519 e. The molecule has 2 unspecified atom stereocenters. The van der Waals surface area contributed by atoms with Gasteiger partial charge in [-0.15, -0.1) is 0 Å². The van der Waals surface area contributed by atoms with E-state index in [1.807, 2.05) is 0 Å². The van der Waals surface area contributed by atoms with Crippen molar-refractivity contribution in [3.05, 3.63) is 12.7 Å². The molecule has 6 N–H and O–H groups in total. The van der Waals surface area contributed by atoms with Crippen molar-refractivity contribution >= 4 is 48.8 Å². The Kier molecular flexibility index (Phi) is 7.16. The lowest BCUT2D eigenvalue weighted by Crippen LogP contribution is -2.23. The molecule has 0 amide bonds. The zero-order valence-corrected chi connectivity index (χ0v) is 17.8. The fraction of sp³-hybridized carbons (Fsp3) is 0.500. The number of nitrogens with zero attached hydrogens (tertiary/aromatic N) is 4. The van der Waals surface area contributed by atoms with Gasteiger partial charge in [0.25, 0.3) is 0 Å². The van der Waals surface area contributed by atoms with E-state index in [1.54, 1.807) is 0 Å². The standard InChI is InChI=1S/C10H15BN5O12P3/c11-26-31(23,28-30(21,22)27-29(18,19)20)24-2-5-1-6(17)10(25-5)16-4-15-7-8(12)13-3-14-9(7)16/h3-6,10,17H,1-2H2,(H,21,22)(H2,12,13,14)(H2,18,19,20)/t5-,6+,10+,31?/m0/s1. The van der Waals surface area contributed by atoms with Gasteiger partial charge in [0.05, 0.1) is 12.4 Å². The molecule has 1 aliphatic heterocycles. The van der Waals surface area contributed by atoms with Gasteiger partial charge in [0.15, 0.2) is 17.7 Å².